The number of rotatable bonds is 7. The highest BCUT2D eigenvalue weighted by Crippen LogP contribution is 2.28. The molecule has 1 atom stereocenters. The number of thioether (sulfide) groups is 1. The summed E-state index contributed by atoms with van der Waals surface area (Å²) in [5.74, 6) is 1.76. The van der Waals surface area contributed by atoms with Crippen molar-refractivity contribution in [2.45, 2.75) is 31.3 Å². The van der Waals surface area contributed by atoms with E-state index in [-0.39, 0.29) is 5.91 Å². The maximum absolute atomic E-state index is 11.9. The first-order valence-corrected chi connectivity index (χ1v) is 9.67. The minimum absolute atomic E-state index is 0.0297. The smallest absolute Gasteiger partial charge is 0.230 e. The molecule has 2 aromatic rings. The molecule has 0 unspecified atom stereocenters. The summed E-state index contributed by atoms with van der Waals surface area (Å²) in [6, 6.07) is 8.65. The van der Waals surface area contributed by atoms with Crippen LogP contribution in [0.4, 0.5) is 0 Å². The SMILES string of the molecule is Cc1nc(SCC(=O)NCCN2CC[C@H](c3ccccc3C)C2)n[nH]1. The number of aryl methyl sites for hydroxylation is 2. The van der Waals surface area contributed by atoms with E-state index in [0.29, 0.717) is 23.4 Å². The van der Waals surface area contributed by atoms with Gasteiger partial charge in [0, 0.05) is 19.6 Å². The van der Waals surface area contributed by atoms with Gasteiger partial charge in [0.15, 0.2) is 0 Å². The third kappa shape index (κ3) is 5.06. The van der Waals surface area contributed by atoms with Crippen LogP contribution in [0.5, 0.6) is 0 Å². The molecule has 1 amide bonds. The molecule has 1 saturated heterocycles. The molecule has 1 fully saturated rings. The molecule has 1 aromatic carbocycles. The molecular formula is C18H25N5OS. The molecule has 3 rings (SSSR count). The minimum atomic E-state index is 0.0297. The highest BCUT2D eigenvalue weighted by molar-refractivity contribution is 7.99. The van der Waals surface area contributed by atoms with Crippen molar-refractivity contribution in [1.82, 2.24) is 25.4 Å². The van der Waals surface area contributed by atoms with E-state index in [2.05, 4.69) is 56.6 Å². The third-order valence-corrected chi connectivity index (χ3v) is 5.41. The number of aromatic amines is 1. The van der Waals surface area contributed by atoms with Crippen molar-refractivity contribution < 1.29 is 4.79 Å². The van der Waals surface area contributed by atoms with Crippen molar-refractivity contribution in [3.8, 4) is 0 Å². The van der Waals surface area contributed by atoms with E-state index in [1.165, 1.54) is 29.3 Å². The number of carbonyl (C=O) groups is 1. The Hall–Kier alpha value is -1.86. The number of carbonyl (C=O) groups excluding carboxylic acids is 1. The Kier molecular flexibility index (Phi) is 6.09. The number of H-pyrrole nitrogens is 1. The van der Waals surface area contributed by atoms with Crippen molar-refractivity contribution >= 4 is 17.7 Å². The summed E-state index contributed by atoms with van der Waals surface area (Å²) in [4.78, 5) is 18.5. The van der Waals surface area contributed by atoms with Crippen molar-refractivity contribution in [3.05, 3.63) is 41.2 Å². The van der Waals surface area contributed by atoms with E-state index < -0.39 is 0 Å². The van der Waals surface area contributed by atoms with E-state index in [9.17, 15) is 4.79 Å². The Morgan fingerprint density at radius 3 is 3.00 bits per heavy atom. The number of hydrogen-bond acceptors (Lipinski definition) is 5. The fourth-order valence-corrected chi connectivity index (χ4v) is 3.93. The Labute approximate surface area is 152 Å². The summed E-state index contributed by atoms with van der Waals surface area (Å²) in [5, 5.41) is 10.4. The minimum Gasteiger partial charge on any atom is -0.354 e. The molecule has 1 aliphatic rings. The van der Waals surface area contributed by atoms with Gasteiger partial charge in [0.2, 0.25) is 11.1 Å². The lowest BCUT2D eigenvalue weighted by atomic mass is 9.94. The van der Waals surface area contributed by atoms with Gasteiger partial charge in [-0.3, -0.25) is 9.89 Å². The summed E-state index contributed by atoms with van der Waals surface area (Å²) < 4.78 is 0. The van der Waals surface area contributed by atoms with Gasteiger partial charge in [-0.05, 0) is 43.9 Å². The van der Waals surface area contributed by atoms with Crippen LogP contribution in [0.15, 0.2) is 29.4 Å². The maximum atomic E-state index is 11.9. The van der Waals surface area contributed by atoms with Crippen LogP contribution in [0.1, 0.15) is 29.3 Å². The second-order valence-corrected chi connectivity index (χ2v) is 7.43. The van der Waals surface area contributed by atoms with Gasteiger partial charge in [-0.1, -0.05) is 36.0 Å². The van der Waals surface area contributed by atoms with E-state index in [1.807, 2.05) is 6.92 Å². The molecule has 1 aromatic heterocycles. The Bertz CT molecular complexity index is 717. The summed E-state index contributed by atoms with van der Waals surface area (Å²) in [6.07, 6.45) is 1.19. The van der Waals surface area contributed by atoms with Crippen molar-refractivity contribution in [2.75, 3.05) is 31.9 Å². The predicted octanol–water partition coefficient (Wildman–Crippen LogP) is 2.12. The Morgan fingerprint density at radius 1 is 1.40 bits per heavy atom. The number of nitrogens with one attached hydrogen (secondary N) is 2. The van der Waals surface area contributed by atoms with Gasteiger partial charge in [0.1, 0.15) is 5.82 Å². The van der Waals surface area contributed by atoms with Gasteiger partial charge in [0.25, 0.3) is 0 Å². The number of aromatic nitrogens is 3. The summed E-state index contributed by atoms with van der Waals surface area (Å²) in [7, 11) is 0. The fraction of sp³-hybridized carbons (Fsp3) is 0.500. The summed E-state index contributed by atoms with van der Waals surface area (Å²) >= 11 is 1.35. The first-order chi connectivity index (χ1) is 12.1. The molecule has 0 spiro atoms. The Morgan fingerprint density at radius 2 is 2.24 bits per heavy atom. The van der Waals surface area contributed by atoms with Crippen LogP contribution in [0.25, 0.3) is 0 Å². The van der Waals surface area contributed by atoms with Crippen molar-refractivity contribution in [2.24, 2.45) is 0 Å². The normalized spacial score (nSPS) is 17.8. The zero-order valence-electron chi connectivity index (χ0n) is 14.8. The van der Waals surface area contributed by atoms with Gasteiger partial charge >= 0.3 is 0 Å². The summed E-state index contributed by atoms with van der Waals surface area (Å²) in [5.41, 5.74) is 2.84. The van der Waals surface area contributed by atoms with Crippen molar-refractivity contribution in [1.29, 1.82) is 0 Å². The Balaban J connectivity index is 1.35. The number of amides is 1. The molecule has 134 valence electrons. The molecule has 0 bridgehead atoms. The van der Waals surface area contributed by atoms with E-state index in [4.69, 9.17) is 0 Å². The van der Waals surface area contributed by atoms with E-state index in [0.717, 1.165) is 25.5 Å². The molecule has 0 radical (unpaired) electrons. The lowest BCUT2D eigenvalue weighted by Gasteiger charge is -2.17. The molecule has 0 aliphatic carbocycles. The van der Waals surface area contributed by atoms with Gasteiger partial charge < -0.3 is 10.2 Å². The quantitative estimate of drug-likeness (QED) is 0.741. The molecule has 7 heteroatoms. The zero-order chi connectivity index (χ0) is 17.6. The van der Waals surface area contributed by atoms with Crippen LogP contribution in [-0.4, -0.2) is 57.9 Å². The maximum Gasteiger partial charge on any atom is 0.230 e. The molecule has 2 N–H and O–H groups in total. The highest BCUT2D eigenvalue weighted by atomic mass is 32.2. The number of nitrogens with zero attached hydrogens (tertiary/aromatic N) is 3. The average Bonchev–Trinajstić information content (AvgIpc) is 3.22. The van der Waals surface area contributed by atoms with Crippen LogP contribution in [-0.2, 0) is 4.79 Å². The molecule has 2 heterocycles. The number of likely N-dealkylation sites (tertiary alicyclic amines) is 1. The lowest BCUT2D eigenvalue weighted by Crippen LogP contribution is -2.34. The van der Waals surface area contributed by atoms with E-state index >= 15 is 0 Å². The standard InChI is InChI=1S/C18H25N5OS/c1-13-5-3-4-6-16(13)15-7-9-23(11-15)10-8-19-17(24)12-25-18-20-14(2)21-22-18/h3-6,15H,7-12H2,1-2H3,(H,19,24)(H,20,21,22)/t15-/m0/s1. The highest BCUT2D eigenvalue weighted by Gasteiger charge is 2.24. The van der Waals surface area contributed by atoms with E-state index in [1.54, 1.807) is 0 Å². The molecule has 25 heavy (non-hydrogen) atoms. The van der Waals surface area contributed by atoms with Crippen molar-refractivity contribution in [3.63, 3.8) is 0 Å². The van der Waals surface area contributed by atoms with Gasteiger partial charge in [-0.25, -0.2) is 4.98 Å². The summed E-state index contributed by atoms with van der Waals surface area (Å²) in [6.45, 7) is 7.79. The first-order valence-electron chi connectivity index (χ1n) is 8.68. The number of hydrogen-bond donors (Lipinski definition) is 2. The molecular weight excluding hydrogens is 334 g/mol. The average molecular weight is 359 g/mol. The largest absolute Gasteiger partial charge is 0.354 e. The van der Waals surface area contributed by atoms with Crippen LogP contribution >= 0.6 is 11.8 Å². The van der Waals surface area contributed by atoms with Gasteiger partial charge in [-0.15, -0.1) is 5.10 Å². The lowest BCUT2D eigenvalue weighted by molar-refractivity contribution is -0.118. The second-order valence-electron chi connectivity index (χ2n) is 6.48. The van der Waals surface area contributed by atoms with Crippen LogP contribution < -0.4 is 5.32 Å². The fourth-order valence-electron chi connectivity index (χ4n) is 3.26. The van der Waals surface area contributed by atoms with Crippen LogP contribution in [0.3, 0.4) is 0 Å². The monoisotopic (exact) mass is 359 g/mol. The third-order valence-electron chi connectivity index (χ3n) is 4.56. The number of benzene rings is 1. The van der Waals surface area contributed by atoms with Crippen LogP contribution in [0, 0.1) is 13.8 Å². The second kappa shape index (κ2) is 8.49. The predicted molar refractivity (Wildman–Crippen MR) is 99.8 cm³/mol. The van der Waals surface area contributed by atoms with Gasteiger partial charge in [-0.2, -0.15) is 0 Å². The van der Waals surface area contributed by atoms with Gasteiger partial charge in [0.05, 0.1) is 5.75 Å². The molecule has 1 aliphatic heterocycles. The first kappa shape index (κ1) is 17.9. The molecule has 6 nitrogen and oxygen atoms in total. The molecule has 0 saturated carbocycles. The van der Waals surface area contributed by atoms with Crippen LogP contribution in [0.2, 0.25) is 0 Å². The zero-order valence-corrected chi connectivity index (χ0v) is 15.6. The topological polar surface area (TPSA) is 73.9 Å².